The first-order valence-electron chi connectivity index (χ1n) is 5.32. The zero-order chi connectivity index (χ0) is 11.0. The van der Waals surface area contributed by atoms with Crippen LogP contribution in [0.2, 0.25) is 0 Å². The highest BCUT2D eigenvalue weighted by Crippen LogP contribution is 2.23. The lowest BCUT2D eigenvalue weighted by Crippen LogP contribution is -2.23. The molecule has 14 heavy (non-hydrogen) atoms. The van der Waals surface area contributed by atoms with Crippen LogP contribution in [0.25, 0.3) is 0 Å². The summed E-state index contributed by atoms with van der Waals surface area (Å²) in [6.07, 6.45) is 3.79. The van der Waals surface area contributed by atoms with Gasteiger partial charge in [0.05, 0.1) is 5.41 Å². The maximum Gasteiger partial charge on any atom is 0.309 e. The first-order valence-corrected chi connectivity index (χ1v) is 5.32. The molecule has 0 saturated heterocycles. The topological polar surface area (TPSA) is 46.5 Å². The summed E-state index contributed by atoms with van der Waals surface area (Å²) in [5.74, 6) is -0.706. The molecule has 84 valence electrons. The lowest BCUT2D eigenvalue weighted by molar-refractivity contribution is -0.147. The Bertz CT molecular complexity index is 164. The molecule has 0 aliphatic rings. The van der Waals surface area contributed by atoms with Crippen molar-refractivity contribution in [1.29, 1.82) is 0 Å². The fourth-order valence-corrected chi connectivity index (χ4v) is 1.20. The van der Waals surface area contributed by atoms with Crippen molar-refractivity contribution in [2.24, 2.45) is 5.41 Å². The predicted molar refractivity (Wildman–Crippen MR) is 56.4 cm³/mol. The van der Waals surface area contributed by atoms with E-state index < -0.39 is 11.4 Å². The lowest BCUT2D eigenvalue weighted by Gasteiger charge is -2.18. The van der Waals surface area contributed by atoms with E-state index in [4.69, 9.17) is 9.84 Å². The van der Waals surface area contributed by atoms with Crippen molar-refractivity contribution < 1.29 is 14.6 Å². The van der Waals surface area contributed by atoms with Crippen LogP contribution >= 0.6 is 0 Å². The molecule has 0 radical (unpaired) electrons. The summed E-state index contributed by atoms with van der Waals surface area (Å²) in [5.41, 5.74) is -0.578. The summed E-state index contributed by atoms with van der Waals surface area (Å²) < 4.78 is 5.20. The molecule has 1 N–H and O–H groups in total. The second-order valence-electron chi connectivity index (χ2n) is 4.20. The van der Waals surface area contributed by atoms with E-state index in [0.29, 0.717) is 0 Å². The van der Waals surface area contributed by atoms with Gasteiger partial charge in [0.2, 0.25) is 0 Å². The first kappa shape index (κ1) is 13.4. The molecule has 0 aromatic carbocycles. The van der Waals surface area contributed by atoms with Crippen LogP contribution in [0.3, 0.4) is 0 Å². The van der Waals surface area contributed by atoms with Crippen LogP contribution in [0, 0.1) is 5.41 Å². The zero-order valence-corrected chi connectivity index (χ0v) is 9.51. The van der Waals surface area contributed by atoms with Crippen molar-refractivity contribution in [3.05, 3.63) is 0 Å². The highest BCUT2D eigenvalue weighted by Gasteiger charge is 2.25. The van der Waals surface area contributed by atoms with Crippen molar-refractivity contribution >= 4 is 5.97 Å². The third kappa shape index (κ3) is 5.97. The van der Waals surface area contributed by atoms with Crippen LogP contribution in [0.15, 0.2) is 0 Å². The Kier molecular flexibility index (Phi) is 6.54. The van der Waals surface area contributed by atoms with Crippen molar-refractivity contribution in [2.45, 2.75) is 46.5 Å². The second kappa shape index (κ2) is 6.82. The van der Waals surface area contributed by atoms with Crippen LogP contribution in [-0.4, -0.2) is 24.3 Å². The average Bonchev–Trinajstić information content (AvgIpc) is 2.10. The van der Waals surface area contributed by atoms with Crippen LogP contribution < -0.4 is 0 Å². The predicted octanol–water partition coefficient (Wildman–Crippen LogP) is 2.69. The largest absolute Gasteiger partial charge is 0.481 e. The number of unbranched alkanes of at least 4 members (excludes halogenated alkanes) is 2. The Morgan fingerprint density at radius 3 is 2.43 bits per heavy atom. The molecule has 0 spiro atoms. The van der Waals surface area contributed by atoms with E-state index in [9.17, 15) is 4.79 Å². The zero-order valence-electron chi connectivity index (χ0n) is 9.51. The third-order valence-electron chi connectivity index (χ3n) is 2.37. The molecule has 3 heteroatoms. The van der Waals surface area contributed by atoms with Gasteiger partial charge in [-0.05, 0) is 33.6 Å². The SMILES string of the molecule is CCOCCCCCC(C)(C)C(=O)O. The van der Waals surface area contributed by atoms with Crippen LogP contribution in [-0.2, 0) is 9.53 Å². The van der Waals surface area contributed by atoms with E-state index in [1.165, 1.54) is 0 Å². The number of ether oxygens (including phenoxy) is 1. The maximum absolute atomic E-state index is 10.8. The third-order valence-corrected chi connectivity index (χ3v) is 2.37. The first-order chi connectivity index (χ1) is 6.50. The Balaban J connectivity index is 3.40. The fraction of sp³-hybridized carbons (Fsp3) is 0.909. The number of hydrogen-bond acceptors (Lipinski definition) is 2. The van der Waals surface area contributed by atoms with Gasteiger partial charge in [-0.3, -0.25) is 4.79 Å². The molecule has 3 nitrogen and oxygen atoms in total. The number of carbonyl (C=O) groups is 1. The molecule has 0 heterocycles. The van der Waals surface area contributed by atoms with E-state index in [2.05, 4.69) is 0 Å². The summed E-state index contributed by atoms with van der Waals surface area (Å²) >= 11 is 0. The average molecular weight is 202 g/mol. The molecular weight excluding hydrogens is 180 g/mol. The van der Waals surface area contributed by atoms with E-state index in [1.54, 1.807) is 13.8 Å². The van der Waals surface area contributed by atoms with E-state index in [-0.39, 0.29) is 0 Å². The van der Waals surface area contributed by atoms with Gasteiger partial charge in [0.15, 0.2) is 0 Å². The monoisotopic (exact) mass is 202 g/mol. The molecule has 0 aromatic rings. The van der Waals surface area contributed by atoms with Crippen molar-refractivity contribution in [3.63, 3.8) is 0 Å². The van der Waals surface area contributed by atoms with E-state index >= 15 is 0 Å². The Labute approximate surface area is 86.5 Å². The molecule has 0 bridgehead atoms. The van der Waals surface area contributed by atoms with Crippen LogP contribution in [0.1, 0.15) is 46.5 Å². The van der Waals surface area contributed by atoms with Gasteiger partial charge in [-0.15, -0.1) is 0 Å². The highest BCUT2D eigenvalue weighted by atomic mass is 16.5. The van der Waals surface area contributed by atoms with Gasteiger partial charge in [-0.25, -0.2) is 0 Å². The van der Waals surface area contributed by atoms with Crippen LogP contribution in [0.4, 0.5) is 0 Å². The van der Waals surface area contributed by atoms with Crippen molar-refractivity contribution in [2.75, 3.05) is 13.2 Å². The Hall–Kier alpha value is -0.570. The van der Waals surface area contributed by atoms with Gasteiger partial charge in [-0.1, -0.05) is 12.8 Å². The molecule has 0 fully saturated rings. The Morgan fingerprint density at radius 1 is 1.29 bits per heavy atom. The molecule has 0 rings (SSSR count). The van der Waals surface area contributed by atoms with Gasteiger partial charge in [0.25, 0.3) is 0 Å². The number of carboxylic acids is 1. The quantitative estimate of drug-likeness (QED) is 0.615. The lowest BCUT2D eigenvalue weighted by atomic mass is 9.87. The summed E-state index contributed by atoms with van der Waals surface area (Å²) in [4.78, 5) is 10.8. The van der Waals surface area contributed by atoms with E-state index in [0.717, 1.165) is 38.9 Å². The summed E-state index contributed by atoms with van der Waals surface area (Å²) in [6.45, 7) is 7.09. The smallest absolute Gasteiger partial charge is 0.309 e. The minimum atomic E-state index is -0.706. The minimum Gasteiger partial charge on any atom is -0.481 e. The van der Waals surface area contributed by atoms with E-state index in [1.807, 2.05) is 6.92 Å². The summed E-state index contributed by atoms with van der Waals surface area (Å²) in [5, 5.41) is 8.86. The molecule has 0 unspecified atom stereocenters. The van der Waals surface area contributed by atoms with Crippen LogP contribution in [0.5, 0.6) is 0 Å². The normalized spacial score (nSPS) is 11.6. The number of rotatable bonds is 8. The summed E-state index contributed by atoms with van der Waals surface area (Å²) in [6, 6.07) is 0. The standard InChI is InChI=1S/C11H22O3/c1-4-14-9-7-5-6-8-11(2,3)10(12)13/h4-9H2,1-3H3,(H,12,13). The second-order valence-corrected chi connectivity index (χ2v) is 4.20. The molecular formula is C11H22O3. The minimum absolute atomic E-state index is 0.578. The van der Waals surface area contributed by atoms with Gasteiger partial charge in [-0.2, -0.15) is 0 Å². The number of carboxylic acid groups (broad SMARTS) is 1. The summed E-state index contributed by atoms with van der Waals surface area (Å²) in [7, 11) is 0. The molecule has 0 saturated carbocycles. The highest BCUT2D eigenvalue weighted by molar-refractivity contribution is 5.73. The molecule has 0 aliphatic heterocycles. The number of hydrogen-bond donors (Lipinski definition) is 1. The van der Waals surface area contributed by atoms with Crippen molar-refractivity contribution in [1.82, 2.24) is 0 Å². The number of aliphatic carboxylic acids is 1. The molecule has 0 aromatic heterocycles. The van der Waals surface area contributed by atoms with Crippen molar-refractivity contribution in [3.8, 4) is 0 Å². The molecule has 0 atom stereocenters. The Morgan fingerprint density at radius 2 is 1.93 bits per heavy atom. The van der Waals surface area contributed by atoms with Gasteiger partial charge in [0.1, 0.15) is 0 Å². The van der Waals surface area contributed by atoms with Gasteiger partial charge >= 0.3 is 5.97 Å². The van der Waals surface area contributed by atoms with Gasteiger partial charge in [0, 0.05) is 13.2 Å². The maximum atomic E-state index is 10.8. The molecule has 0 aliphatic carbocycles. The fourth-order valence-electron chi connectivity index (χ4n) is 1.20. The van der Waals surface area contributed by atoms with Gasteiger partial charge < -0.3 is 9.84 Å². The molecule has 0 amide bonds.